The third kappa shape index (κ3) is 8.48. The van der Waals surface area contributed by atoms with Crippen LogP contribution in [0.5, 0.6) is 11.5 Å². The van der Waals surface area contributed by atoms with Crippen LogP contribution >= 0.6 is 0 Å². The smallest absolute Gasteiger partial charge is 0.303 e. The van der Waals surface area contributed by atoms with Gasteiger partial charge in [0.1, 0.15) is 30.0 Å². The number of ketones is 1. The number of aromatic hydroxyl groups is 1. The Bertz CT molecular complexity index is 1310. The Hall–Kier alpha value is -4.52. The molecule has 1 saturated heterocycles. The van der Waals surface area contributed by atoms with E-state index in [-0.39, 0.29) is 23.3 Å². The van der Waals surface area contributed by atoms with Crippen molar-refractivity contribution in [1.82, 2.24) is 0 Å². The van der Waals surface area contributed by atoms with Gasteiger partial charge in [0.25, 0.3) is 0 Å². The average Bonchev–Trinajstić information content (AvgIpc) is 2.87. The Morgan fingerprint density at radius 3 is 2.02 bits per heavy atom. The van der Waals surface area contributed by atoms with Crippen LogP contribution in [0.25, 0.3) is 0 Å². The number of phenolic OH excluding ortho intramolecular Hbond substituents is 1. The fraction of sp³-hybridized carbons (Fsp3) is 0.393. The molecule has 2 aromatic rings. The lowest BCUT2D eigenvalue weighted by atomic mass is 9.98. The van der Waals surface area contributed by atoms with Crippen LogP contribution in [0.4, 0.5) is 4.39 Å². The molecule has 13 heteroatoms. The predicted molar refractivity (Wildman–Crippen MR) is 135 cm³/mol. The van der Waals surface area contributed by atoms with Crippen molar-refractivity contribution >= 4 is 29.7 Å². The summed E-state index contributed by atoms with van der Waals surface area (Å²) in [6.45, 7) is 3.94. The third-order valence-electron chi connectivity index (χ3n) is 5.78. The molecule has 0 bridgehead atoms. The molecule has 5 unspecified atom stereocenters. The summed E-state index contributed by atoms with van der Waals surface area (Å²) >= 11 is 0. The lowest BCUT2D eigenvalue weighted by Crippen LogP contribution is -2.63. The second-order valence-corrected chi connectivity index (χ2v) is 9.06. The van der Waals surface area contributed by atoms with Crippen molar-refractivity contribution in [3.05, 3.63) is 59.4 Å². The Morgan fingerprint density at radius 2 is 1.44 bits per heavy atom. The summed E-state index contributed by atoms with van der Waals surface area (Å²) in [5, 5.41) is 10.6. The number of halogens is 1. The van der Waals surface area contributed by atoms with Gasteiger partial charge in [-0.1, -0.05) is 18.2 Å². The van der Waals surface area contributed by atoms with E-state index in [2.05, 4.69) is 0 Å². The van der Waals surface area contributed by atoms with Crippen LogP contribution in [0, 0.1) is 5.82 Å². The van der Waals surface area contributed by atoms with Gasteiger partial charge >= 0.3 is 23.9 Å². The largest absolute Gasteiger partial charge is 0.507 e. The molecule has 0 radical (unpaired) electrons. The van der Waals surface area contributed by atoms with Crippen molar-refractivity contribution in [3.8, 4) is 11.5 Å². The number of esters is 4. The van der Waals surface area contributed by atoms with Crippen LogP contribution < -0.4 is 4.74 Å². The maximum absolute atomic E-state index is 14.0. The summed E-state index contributed by atoms with van der Waals surface area (Å²) in [5.74, 6) is -4.78. The van der Waals surface area contributed by atoms with Gasteiger partial charge in [-0.25, -0.2) is 4.39 Å². The summed E-state index contributed by atoms with van der Waals surface area (Å²) in [4.78, 5) is 59.9. The summed E-state index contributed by atoms with van der Waals surface area (Å²) in [7, 11) is 0. The molecular formula is C28H29FO12. The molecule has 0 spiro atoms. The maximum atomic E-state index is 14.0. The highest BCUT2D eigenvalue weighted by Gasteiger charge is 2.53. The van der Waals surface area contributed by atoms with Gasteiger partial charge in [0.2, 0.25) is 12.4 Å². The quantitative estimate of drug-likeness (QED) is 0.250. The minimum atomic E-state index is -1.53. The van der Waals surface area contributed by atoms with E-state index in [1.807, 2.05) is 0 Å². The first kappa shape index (κ1) is 31.0. The fourth-order valence-electron chi connectivity index (χ4n) is 4.15. The van der Waals surface area contributed by atoms with Crippen molar-refractivity contribution in [2.75, 3.05) is 6.61 Å². The Balaban J connectivity index is 1.92. The second kappa shape index (κ2) is 13.7. The van der Waals surface area contributed by atoms with Crippen molar-refractivity contribution in [1.29, 1.82) is 0 Å². The molecule has 220 valence electrons. The minimum Gasteiger partial charge on any atom is -0.507 e. The van der Waals surface area contributed by atoms with Crippen LogP contribution in [-0.4, -0.2) is 72.1 Å². The van der Waals surface area contributed by atoms with E-state index in [9.17, 15) is 33.5 Å². The topological polar surface area (TPSA) is 161 Å². The number of carbonyl (C=O) groups is 5. The van der Waals surface area contributed by atoms with E-state index >= 15 is 0 Å². The van der Waals surface area contributed by atoms with Crippen molar-refractivity contribution in [2.45, 2.75) is 64.8 Å². The number of ether oxygens (including phenoxy) is 6. The zero-order valence-electron chi connectivity index (χ0n) is 22.7. The van der Waals surface area contributed by atoms with Crippen LogP contribution in [-0.2, 0) is 49.3 Å². The first-order valence-corrected chi connectivity index (χ1v) is 12.4. The molecule has 3 rings (SSSR count). The summed E-state index contributed by atoms with van der Waals surface area (Å²) in [5.41, 5.74) is 0.0388. The average molecular weight is 577 g/mol. The van der Waals surface area contributed by atoms with Crippen LogP contribution in [0.1, 0.15) is 43.6 Å². The van der Waals surface area contributed by atoms with E-state index in [1.165, 1.54) is 30.3 Å². The highest BCUT2D eigenvalue weighted by atomic mass is 19.1. The number of hydrogen-bond donors (Lipinski definition) is 1. The minimum absolute atomic E-state index is 0.0640. The molecule has 5 atom stereocenters. The van der Waals surface area contributed by atoms with Crippen LogP contribution in [0.15, 0.2) is 42.5 Å². The number of hydrogen-bond acceptors (Lipinski definition) is 12. The highest BCUT2D eigenvalue weighted by molar-refractivity contribution is 6.00. The van der Waals surface area contributed by atoms with Crippen molar-refractivity contribution in [2.24, 2.45) is 0 Å². The van der Waals surface area contributed by atoms with Crippen LogP contribution in [0.2, 0.25) is 0 Å². The molecule has 0 aliphatic carbocycles. The number of benzene rings is 2. The molecular weight excluding hydrogens is 547 g/mol. The molecule has 1 aliphatic heterocycles. The van der Waals surface area contributed by atoms with Gasteiger partial charge in [0, 0.05) is 40.2 Å². The van der Waals surface area contributed by atoms with Crippen molar-refractivity contribution in [3.63, 3.8) is 0 Å². The first-order valence-electron chi connectivity index (χ1n) is 12.4. The van der Waals surface area contributed by atoms with Crippen LogP contribution in [0.3, 0.4) is 0 Å². The zero-order chi connectivity index (χ0) is 30.3. The molecule has 1 aliphatic rings. The van der Waals surface area contributed by atoms with Gasteiger partial charge in [-0.05, 0) is 23.8 Å². The fourth-order valence-corrected chi connectivity index (χ4v) is 4.15. The van der Waals surface area contributed by atoms with Crippen molar-refractivity contribution < 1.29 is 61.9 Å². The monoisotopic (exact) mass is 576 g/mol. The molecule has 0 saturated carbocycles. The molecule has 1 fully saturated rings. The van der Waals surface area contributed by atoms with E-state index in [0.717, 1.165) is 33.8 Å². The normalized spacial score (nSPS) is 21.7. The van der Waals surface area contributed by atoms with Gasteiger partial charge in [-0.3, -0.25) is 24.0 Å². The number of rotatable bonds is 10. The van der Waals surface area contributed by atoms with Gasteiger partial charge < -0.3 is 33.5 Å². The second-order valence-electron chi connectivity index (χ2n) is 9.06. The highest BCUT2D eigenvalue weighted by Crippen LogP contribution is 2.33. The standard InChI is InChI=1S/C28H29FO12/c1-14(30)36-13-24-25(37-15(2)31)26(38-16(3)32)27(39-17(4)33)28(41-24)40-19-9-10-20(23(35)12-19)22(34)11-18-7-5-6-8-21(18)29/h5-10,12,24-28,35H,11,13H2,1-4H3. The Labute approximate surface area is 234 Å². The molecule has 41 heavy (non-hydrogen) atoms. The van der Waals surface area contributed by atoms with Gasteiger partial charge in [-0.15, -0.1) is 0 Å². The SMILES string of the molecule is CC(=O)OCC1OC(Oc2ccc(C(=O)Cc3ccccc3F)c(O)c2)C(OC(C)=O)C(OC(C)=O)C1OC(C)=O. The van der Waals surface area contributed by atoms with Gasteiger partial charge in [0.05, 0.1) is 5.56 Å². The number of phenols is 1. The van der Waals surface area contributed by atoms with E-state index < -0.39 is 78.5 Å². The molecule has 1 N–H and O–H groups in total. The molecule has 12 nitrogen and oxygen atoms in total. The molecule has 0 aromatic heterocycles. The van der Waals surface area contributed by atoms with Gasteiger partial charge in [0.15, 0.2) is 18.0 Å². The Morgan fingerprint density at radius 1 is 0.829 bits per heavy atom. The number of carbonyl (C=O) groups excluding carboxylic acids is 5. The third-order valence-corrected chi connectivity index (χ3v) is 5.78. The van der Waals surface area contributed by atoms with Gasteiger partial charge in [-0.2, -0.15) is 0 Å². The first-order chi connectivity index (χ1) is 19.3. The number of Topliss-reactive ketones (excluding diaryl/α,β-unsaturated/α-hetero) is 1. The van der Waals surface area contributed by atoms with E-state index in [1.54, 1.807) is 6.07 Å². The molecule has 1 heterocycles. The predicted octanol–water partition coefficient (Wildman–Crippen LogP) is 2.42. The van der Waals surface area contributed by atoms with E-state index in [0.29, 0.717) is 0 Å². The molecule has 0 amide bonds. The summed E-state index contributed by atoms with van der Waals surface area (Å²) in [6.07, 6.45) is -7.38. The summed E-state index contributed by atoms with van der Waals surface area (Å²) < 4.78 is 46.6. The van der Waals surface area contributed by atoms with E-state index in [4.69, 9.17) is 28.4 Å². The zero-order valence-corrected chi connectivity index (χ0v) is 22.7. The Kier molecular flexibility index (Phi) is 10.4. The lowest BCUT2D eigenvalue weighted by molar-refractivity contribution is -0.288. The maximum Gasteiger partial charge on any atom is 0.303 e. The summed E-state index contributed by atoms with van der Waals surface area (Å²) in [6, 6.07) is 9.38. The lowest BCUT2D eigenvalue weighted by Gasteiger charge is -2.43. The molecule has 2 aromatic carbocycles.